The van der Waals surface area contributed by atoms with E-state index in [1.54, 1.807) is 13.2 Å². The lowest BCUT2D eigenvalue weighted by Crippen LogP contribution is -2.06. The van der Waals surface area contributed by atoms with Crippen molar-refractivity contribution in [2.24, 2.45) is 0 Å². The quantitative estimate of drug-likeness (QED) is 0.750. The second kappa shape index (κ2) is 6.01. The zero-order valence-electron chi connectivity index (χ0n) is 10.8. The van der Waals surface area contributed by atoms with Crippen LogP contribution in [0.15, 0.2) is 30.3 Å². The van der Waals surface area contributed by atoms with Gasteiger partial charge in [-0.05, 0) is 11.1 Å². The number of hydrogen-bond acceptors (Lipinski definition) is 6. The van der Waals surface area contributed by atoms with Gasteiger partial charge in [0.1, 0.15) is 11.6 Å². The molecule has 1 aromatic carbocycles. The molecular formula is C13H17N5O. The van der Waals surface area contributed by atoms with Crippen molar-refractivity contribution in [3.8, 4) is 0 Å². The molecular weight excluding hydrogens is 242 g/mol. The summed E-state index contributed by atoms with van der Waals surface area (Å²) >= 11 is 0. The number of benzene rings is 1. The predicted molar refractivity (Wildman–Crippen MR) is 75.3 cm³/mol. The van der Waals surface area contributed by atoms with Gasteiger partial charge in [-0.2, -0.15) is 9.97 Å². The van der Waals surface area contributed by atoms with Gasteiger partial charge < -0.3 is 21.5 Å². The van der Waals surface area contributed by atoms with E-state index < -0.39 is 0 Å². The summed E-state index contributed by atoms with van der Waals surface area (Å²) in [7, 11) is 1.68. The van der Waals surface area contributed by atoms with Gasteiger partial charge in [-0.25, -0.2) is 0 Å². The lowest BCUT2D eigenvalue weighted by atomic mass is 10.1. The molecule has 0 unspecified atom stereocenters. The van der Waals surface area contributed by atoms with Gasteiger partial charge in [0.15, 0.2) is 0 Å². The van der Waals surface area contributed by atoms with Crippen LogP contribution in [0, 0.1) is 0 Å². The third-order valence-electron chi connectivity index (χ3n) is 2.54. The first-order chi connectivity index (χ1) is 9.17. The van der Waals surface area contributed by atoms with Crippen LogP contribution in [-0.4, -0.2) is 17.1 Å². The van der Waals surface area contributed by atoms with E-state index in [1.807, 2.05) is 18.2 Å². The van der Waals surface area contributed by atoms with E-state index in [9.17, 15) is 0 Å². The van der Waals surface area contributed by atoms with E-state index in [0.717, 1.165) is 11.1 Å². The van der Waals surface area contributed by atoms with Crippen LogP contribution in [0.3, 0.4) is 0 Å². The fourth-order valence-corrected chi connectivity index (χ4v) is 1.76. The van der Waals surface area contributed by atoms with Gasteiger partial charge in [-0.1, -0.05) is 24.3 Å². The molecule has 0 amide bonds. The maximum absolute atomic E-state index is 5.60. The highest BCUT2D eigenvalue weighted by atomic mass is 16.5. The minimum atomic E-state index is 0.163. The standard InChI is InChI=1S/C13H17N5O/c1-19-8-10-4-2-3-9(5-10)7-16-12-6-11(14)17-13(15)18-12/h2-6H,7-8H2,1H3,(H5,14,15,16,17,18). The van der Waals surface area contributed by atoms with Crippen molar-refractivity contribution < 1.29 is 4.74 Å². The van der Waals surface area contributed by atoms with Crippen LogP contribution in [0.5, 0.6) is 0 Å². The summed E-state index contributed by atoms with van der Waals surface area (Å²) in [6.45, 7) is 1.23. The van der Waals surface area contributed by atoms with Crippen LogP contribution in [0.4, 0.5) is 17.6 Å². The smallest absolute Gasteiger partial charge is 0.223 e. The van der Waals surface area contributed by atoms with Crippen LogP contribution < -0.4 is 16.8 Å². The van der Waals surface area contributed by atoms with Gasteiger partial charge in [0.2, 0.25) is 5.95 Å². The number of hydrogen-bond donors (Lipinski definition) is 3. The maximum atomic E-state index is 5.60. The Bertz CT molecular complexity index is 538. The zero-order valence-corrected chi connectivity index (χ0v) is 10.8. The number of nitrogens with one attached hydrogen (secondary N) is 1. The van der Waals surface area contributed by atoms with Gasteiger partial charge in [0.05, 0.1) is 6.61 Å². The monoisotopic (exact) mass is 259 g/mol. The Balaban J connectivity index is 2.03. The van der Waals surface area contributed by atoms with E-state index in [1.165, 1.54) is 0 Å². The number of nitrogens with zero attached hydrogens (tertiary/aromatic N) is 2. The van der Waals surface area contributed by atoms with Crippen molar-refractivity contribution in [3.63, 3.8) is 0 Å². The SMILES string of the molecule is COCc1cccc(CNc2cc(N)nc(N)n2)c1. The Hall–Kier alpha value is -2.34. The molecule has 2 rings (SSSR count). The fraction of sp³-hybridized carbons (Fsp3) is 0.231. The Morgan fingerprint density at radius 2 is 1.95 bits per heavy atom. The number of ether oxygens (including phenoxy) is 1. The van der Waals surface area contributed by atoms with Crippen LogP contribution in [0.2, 0.25) is 0 Å². The molecule has 0 spiro atoms. The molecule has 0 aliphatic rings. The van der Waals surface area contributed by atoms with Gasteiger partial charge in [-0.15, -0.1) is 0 Å². The molecule has 0 aliphatic heterocycles. The number of nitrogens with two attached hydrogens (primary N) is 2. The largest absolute Gasteiger partial charge is 0.383 e. The van der Waals surface area contributed by atoms with Gasteiger partial charge in [0.25, 0.3) is 0 Å². The van der Waals surface area contributed by atoms with Crippen molar-refractivity contribution in [1.29, 1.82) is 0 Å². The van der Waals surface area contributed by atoms with Crippen molar-refractivity contribution in [3.05, 3.63) is 41.5 Å². The highest BCUT2D eigenvalue weighted by Crippen LogP contribution is 2.12. The molecule has 0 atom stereocenters. The van der Waals surface area contributed by atoms with Crippen molar-refractivity contribution in [1.82, 2.24) is 9.97 Å². The van der Waals surface area contributed by atoms with Gasteiger partial charge in [-0.3, -0.25) is 0 Å². The molecule has 6 heteroatoms. The van der Waals surface area contributed by atoms with E-state index in [-0.39, 0.29) is 5.95 Å². The summed E-state index contributed by atoms with van der Waals surface area (Å²) < 4.78 is 5.10. The highest BCUT2D eigenvalue weighted by Gasteiger charge is 2.00. The first-order valence-electron chi connectivity index (χ1n) is 5.88. The number of methoxy groups -OCH3 is 1. The number of aromatic nitrogens is 2. The molecule has 0 fully saturated rings. The van der Waals surface area contributed by atoms with Crippen LogP contribution in [0.1, 0.15) is 11.1 Å². The Kier molecular flexibility index (Phi) is 4.15. The molecule has 6 nitrogen and oxygen atoms in total. The molecule has 0 radical (unpaired) electrons. The second-order valence-electron chi connectivity index (χ2n) is 4.14. The summed E-state index contributed by atoms with van der Waals surface area (Å²) in [6.07, 6.45) is 0. The van der Waals surface area contributed by atoms with Crippen molar-refractivity contribution >= 4 is 17.6 Å². The Morgan fingerprint density at radius 1 is 1.16 bits per heavy atom. The Labute approximate surface area is 111 Å². The lowest BCUT2D eigenvalue weighted by molar-refractivity contribution is 0.185. The number of rotatable bonds is 5. The molecule has 0 saturated carbocycles. The normalized spacial score (nSPS) is 10.4. The van der Waals surface area contributed by atoms with Crippen LogP contribution >= 0.6 is 0 Å². The molecule has 0 bridgehead atoms. The van der Waals surface area contributed by atoms with E-state index in [4.69, 9.17) is 16.2 Å². The Morgan fingerprint density at radius 3 is 2.68 bits per heavy atom. The zero-order chi connectivity index (χ0) is 13.7. The van der Waals surface area contributed by atoms with Crippen LogP contribution in [0.25, 0.3) is 0 Å². The molecule has 2 aromatic rings. The third kappa shape index (κ3) is 3.82. The number of nitrogen functional groups attached to an aromatic ring is 2. The summed E-state index contributed by atoms with van der Waals surface area (Å²) in [4.78, 5) is 7.87. The second-order valence-corrected chi connectivity index (χ2v) is 4.14. The first kappa shape index (κ1) is 13.1. The van der Waals surface area contributed by atoms with E-state index in [2.05, 4.69) is 21.4 Å². The maximum Gasteiger partial charge on any atom is 0.223 e. The number of anilines is 3. The molecule has 19 heavy (non-hydrogen) atoms. The molecule has 1 heterocycles. The minimum absolute atomic E-state index is 0.163. The van der Waals surface area contributed by atoms with Crippen LogP contribution in [-0.2, 0) is 17.9 Å². The summed E-state index contributed by atoms with van der Waals surface area (Å²) in [6, 6.07) is 9.77. The van der Waals surface area contributed by atoms with Gasteiger partial charge >= 0.3 is 0 Å². The topological polar surface area (TPSA) is 99.1 Å². The summed E-state index contributed by atoms with van der Waals surface area (Å²) in [5.41, 5.74) is 13.4. The average Bonchev–Trinajstić information content (AvgIpc) is 2.36. The lowest BCUT2D eigenvalue weighted by Gasteiger charge is -2.08. The van der Waals surface area contributed by atoms with E-state index >= 15 is 0 Å². The minimum Gasteiger partial charge on any atom is -0.383 e. The summed E-state index contributed by atoms with van der Waals surface area (Å²) in [5, 5.41) is 3.16. The summed E-state index contributed by atoms with van der Waals surface area (Å²) in [5.74, 6) is 1.13. The molecule has 0 aliphatic carbocycles. The molecule has 0 saturated heterocycles. The third-order valence-corrected chi connectivity index (χ3v) is 2.54. The van der Waals surface area contributed by atoms with Crippen molar-refractivity contribution in [2.75, 3.05) is 23.9 Å². The highest BCUT2D eigenvalue weighted by molar-refractivity contribution is 5.48. The average molecular weight is 259 g/mol. The predicted octanol–water partition coefficient (Wildman–Crippen LogP) is 1.40. The van der Waals surface area contributed by atoms with E-state index in [0.29, 0.717) is 24.8 Å². The van der Waals surface area contributed by atoms with Gasteiger partial charge in [0, 0.05) is 19.7 Å². The molecule has 1 aromatic heterocycles. The van der Waals surface area contributed by atoms with Crippen molar-refractivity contribution in [2.45, 2.75) is 13.2 Å². The molecule has 5 N–H and O–H groups in total. The molecule has 100 valence electrons. The first-order valence-corrected chi connectivity index (χ1v) is 5.88. The fourth-order valence-electron chi connectivity index (χ4n) is 1.76.